The van der Waals surface area contributed by atoms with E-state index < -0.39 is 5.91 Å². The summed E-state index contributed by atoms with van der Waals surface area (Å²) in [6.07, 6.45) is 0.735. The van der Waals surface area contributed by atoms with Crippen LogP contribution in [0.3, 0.4) is 0 Å². The van der Waals surface area contributed by atoms with Crippen LogP contribution in [0.1, 0.15) is 37.7 Å². The molecule has 1 aromatic heterocycles. The molecule has 0 fully saturated rings. The van der Waals surface area contributed by atoms with Gasteiger partial charge in [-0.3, -0.25) is 4.79 Å². The first kappa shape index (κ1) is 17.0. The van der Waals surface area contributed by atoms with E-state index in [0.29, 0.717) is 0 Å². The highest BCUT2D eigenvalue weighted by Gasteiger charge is 2.26. The van der Waals surface area contributed by atoms with Crippen LogP contribution in [0.5, 0.6) is 0 Å². The van der Waals surface area contributed by atoms with Crippen molar-refractivity contribution in [2.45, 2.75) is 27.2 Å². The lowest BCUT2D eigenvalue weighted by Crippen LogP contribution is -2.29. The first-order chi connectivity index (χ1) is 9.29. The second-order valence-electron chi connectivity index (χ2n) is 4.41. The zero-order chi connectivity index (χ0) is 15.4. The Morgan fingerprint density at radius 3 is 2.45 bits per heavy atom. The zero-order valence-corrected chi connectivity index (χ0v) is 13.6. The Bertz CT molecular complexity index is 558. The zero-order valence-electron chi connectivity index (χ0n) is 11.4. The Hall–Kier alpha value is -1.04. The van der Waals surface area contributed by atoms with Crippen LogP contribution in [0.15, 0.2) is 5.10 Å². The number of rotatable bonds is 4. The van der Waals surface area contributed by atoms with Crippen LogP contribution in [0, 0.1) is 5.92 Å². The third-order valence-electron chi connectivity index (χ3n) is 2.68. The van der Waals surface area contributed by atoms with E-state index >= 15 is 0 Å². The van der Waals surface area contributed by atoms with E-state index in [0.717, 1.165) is 12.1 Å². The van der Waals surface area contributed by atoms with Gasteiger partial charge in [0.25, 0.3) is 10.8 Å². The summed E-state index contributed by atoms with van der Waals surface area (Å²) in [6.45, 7) is 5.94. The molecule has 1 amide bonds. The van der Waals surface area contributed by atoms with E-state index in [4.69, 9.17) is 40.5 Å². The Labute approximate surface area is 132 Å². The molecule has 0 spiro atoms. The molecule has 1 aromatic rings. The average Bonchev–Trinajstić information content (AvgIpc) is 2.40. The van der Waals surface area contributed by atoms with Crippen molar-refractivity contribution in [3.8, 4) is 0 Å². The molecule has 0 aliphatic rings. The van der Waals surface area contributed by atoms with Crippen LogP contribution in [0.4, 0.5) is 5.69 Å². The molecular weight excluding hydrogens is 323 g/mol. The number of nitrogens with zero attached hydrogens (tertiary/aromatic N) is 1. The van der Waals surface area contributed by atoms with Crippen molar-refractivity contribution in [2.75, 3.05) is 5.73 Å². The van der Waals surface area contributed by atoms with Crippen LogP contribution in [-0.4, -0.2) is 11.6 Å². The highest BCUT2D eigenvalue weighted by Crippen LogP contribution is 2.31. The number of anilines is 1. The quantitative estimate of drug-likeness (QED) is 0.502. The van der Waals surface area contributed by atoms with Crippen LogP contribution in [0.25, 0.3) is 0 Å². The summed E-state index contributed by atoms with van der Waals surface area (Å²) in [7, 11) is 0. The highest BCUT2D eigenvalue weighted by atomic mass is 35.5. The molecule has 0 radical (unpaired) electrons. The maximum absolute atomic E-state index is 12.0. The minimum atomic E-state index is -0.535. The van der Waals surface area contributed by atoms with Crippen LogP contribution in [0.2, 0.25) is 15.2 Å². The molecule has 0 saturated carbocycles. The second kappa shape index (κ2) is 7.11. The van der Waals surface area contributed by atoms with Gasteiger partial charge in [0.15, 0.2) is 0 Å². The summed E-state index contributed by atoms with van der Waals surface area (Å²) in [5.41, 5.74) is 9.02. The number of pyridine rings is 1. The van der Waals surface area contributed by atoms with E-state index in [1.54, 1.807) is 0 Å². The predicted molar refractivity (Wildman–Crippen MR) is 82.5 cm³/mol. The molecule has 0 unspecified atom stereocenters. The predicted octanol–water partition coefficient (Wildman–Crippen LogP) is 3.19. The maximum Gasteiger partial charge on any atom is 0.337 e. The second-order valence-corrected chi connectivity index (χ2v) is 5.54. The van der Waals surface area contributed by atoms with Crippen molar-refractivity contribution in [1.29, 1.82) is 0 Å². The number of hydrogen-bond donors (Lipinski definition) is 2. The van der Waals surface area contributed by atoms with E-state index in [1.807, 2.05) is 20.8 Å². The fourth-order valence-electron chi connectivity index (χ4n) is 1.52. The fraction of sp³-hybridized carbons (Fsp3) is 0.417. The normalized spacial score (nSPS) is 11.8. The molecule has 0 aliphatic heterocycles. The van der Waals surface area contributed by atoms with Gasteiger partial charge in [0.1, 0.15) is 10.0 Å². The van der Waals surface area contributed by atoms with Gasteiger partial charge in [0.05, 0.1) is 5.69 Å². The van der Waals surface area contributed by atoms with Gasteiger partial charge in [-0.25, -0.2) is 5.43 Å². The third kappa shape index (κ3) is 3.75. The van der Waals surface area contributed by atoms with Gasteiger partial charge in [0.2, 0.25) is 0 Å². The van der Waals surface area contributed by atoms with Crippen molar-refractivity contribution in [3.63, 3.8) is 0 Å². The monoisotopic (exact) mass is 337 g/mol. The maximum atomic E-state index is 12.0. The van der Waals surface area contributed by atoms with E-state index in [-0.39, 0.29) is 32.5 Å². The van der Waals surface area contributed by atoms with Crippen molar-refractivity contribution < 1.29 is 9.78 Å². The minimum Gasteiger partial charge on any atom is -0.396 e. The third-order valence-corrected chi connectivity index (χ3v) is 3.84. The standard InChI is InChI=1S/C12H15Cl3N4O/c1-4-6(5(2)3)18-19-12(20)10-7(13)9(16)8(14)11(15)17-10/h5H,4H2,1-3H3,(H2,16,17)(H,19,20)/p+1/b18-6-. The average molecular weight is 339 g/mol. The van der Waals surface area contributed by atoms with Gasteiger partial charge in [-0.15, -0.1) is 0 Å². The van der Waals surface area contributed by atoms with Crippen LogP contribution >= 0.6 is 34.8 Å². The Morgan fingerprint density at radius 1 is 1.35 bits per heavy atom. The van der Waals surface area contributed by atoms with E-state index in [2.05, 4.69) is 15.5 Å². The number of hydrogen-bond acceptors (Lipinski definition) is 3. The molecule has 20 heavy (non-hydrogen) atoms. The summed E-state index contributed by atoms with van der Waals surface area (Å²) < 4.78 is 0. The van der Waals surface area contributed by atoms with Crippen LogP contribution in [-0.2, 0) is 0 Å². The smallest absolute Gasteiger partial charge is 0.337 e. The van der Waals surface area contributed by atoms with Gasteiger partial charge >= 0.3 is 5.91 Å². The SMILES string of the molecule is CC/C(=N/NC(=O)c1[nH+]c(Cl)c(Cl)c(N)c1Cl)C(C)C. The number of nitrogens with two attached hydrogens (primary N) is 1. The molecule has 0 atom stereocenters. The lowest BCUT2D eigenvalue weighted by molar-refractivity contribution is -0.379. The number of hydrazone groups is 1. The molecule has 110 valence electrons. The molecule has 0 aliphatic carbocycles. The molecule has 8 heteroatoms. The molecule has 5 nitrogen and oxygen atoms in total. The molecular formula is C12H16Cl3N4O+. The number of nitrogens with one attached hydrogen (secondary N) is 2. The number of carbonyl (C=O) groups excluding carboxylic acids is 1. The van der Waals surface area contributed by atoms with Gasteiger partial charge in [-0.2, -0.15) is 10.1 Å². The number of aromatic amines is 1. The van der Waals surface area contributed by atoms with E-state index in [1.165, 1.54) is 0 Å². The first-order valence-electron chi connectivity index (χ1n) is 6.01. The number of carbonyl (C=O) groups is 1. The Morgan fingerprint density at radius 2 is 1.95 bits per heavy atom. The summed E-state index contributed by atoms with van der Waals surface area (Å²) in [6, 6.07) is 0. The van der Waals surface area contributed by atoms with Gasteiger partial charge in [-0.05, 0) is 23.9 Å². The lowest BCUT2D eigenvalue weighted by Gasteiger charge is -2.07. The van der Waals surface area contributed by atoms with Gasteiger partial charge < -0.3 is 5.73 Å². The van der Waals surface area contributed by atoms with Gasteiger partial charge in [-0.1, -0.05) is 44.0 Å². The summed E-state index contributed by atoms with van der Waals surface area (Å²) >= 11 is 17.6. The first-order valence-corrected chi connectivity index (χ1v) is 7.14. The minimum absolute atomic E-state index is 0.00898. The molecule has 1 rings (SSSR count). The molecule has 0 saturated heterocycles. The van der Waals surface area contributed by atoms with Gasteiger partial charge in [0, 0.05) is 5.71 Å². The van der Waals surface area contributed by atoms with E-state index in [9.17, 15) is 4.79 Å². The van der Waals surface area contributed by atoms with Crippen molar-refractivity contribution in [2.24, 2.45) is 11.0 Å². The molecule has 0 bridgehead atoms. The number of aromatic nitrogens is 1. The topological polar surface area (TPSA) is 81.6 Å². The van der Waals surface area contributed by atoms with Crippen molar-refractivity contribution in [1.82, 2.24) is 5.43 Å². The summed E-state index contributed by atoms with van der Waals surface area (Å²) in [4.78, 5) is 14.6. The fourth-order valence-corrected chi connectivity index (χ4v) is 2.13. The Kier molecular flexibility index (Phi) is 6.05. The van der Waals surface area contributed by atoms with Crippen LogP contribution < -0.4 is 16.1 Å². The summed E-state index contributed by atoms with van der Waals surface area (Å²) in [5, 5.41) is 4.19. The highest BCUT2D eigenvalue weighted by molar-refractivity contribution is 6.45. The number of amides is 1. The molecule has 1 heterocycles. The molecule has 0 aromatic carbocycles. The summed E-state index contributed by atoms with van der Waals surface area (Å²) in [5.74, 6) is -0.300. The lowest BCUT2D eigenvalue weighted by atomic mass is 10.1. The Balaban J connectivity index is 3.05. The number of nitrogen functional groups attached to an aromatic ring is 1. The number of H-pyrrole nitrogens is 1. The van der Waals surface area contributed by atoms with Crippen molar-refractivity contribution >= 4 is 52.1 Å². The molecule has 4 N–H and O–H groups in total. The van der Waals surface area contributed by atoms with Crippen molar-refractivity contribution in [3.05, 3.63) is 20.9 Å². The largest absolute Gasteiger partial charge is 0.396 e. The number of halogens is 3.